The van der Waals surface area contributed by atoms with Crippen molar-refractivity contribution < 1.29 is 9.90 Å². The topological polar surface area (TPSA) is 40.5 Å². The Hall–Kier alpha value is -1.06. The van der Waals surface area contributed by atoms with E-state index in [1.807, 2.05) is 30.0 Å². The fourth-order valence-electron chi connectivity index (χ4n) is 2.40. The van der Waals surface area contributed by atoms with Crippen LogP contribution in [0.5, 0.6) is 0 Å². The predicted octanol–water partition coefficient (Wildman–Crippen LogP) is 2.56. The van der Waals surface area contributed by atoms with Crippen molar-refractivity contribution in [2.45, 2.75) is 32.4 Å². The van der Waals surface area contributed by atoms with Crippen molar-refractivity contribution in [2.75, 3.05) is 6.54 Å². The third-order valence-corrected chi connectivity index (χ3v) is 3.56. The molecule has 92 valence electrons. The molecule has 0 aliphatic carbocycles. The van der Waals surface area contributed by atoms with Gasteiger partial charge in [-0.2, -0.15) is 0 Å². The number of carbonyl (C=O) groups is 1. The van der Waals surface area contributed by atoms with Gasteiger partial charge >= 0.3 is 5.97 Å². The molecule has 0 saturated heterocycles. The summed E-state index contributed by atoms with van der Waals surface area (Å²) in [5.74, 6) is -0.738. The predicted molar refractivity (Wildman–Crippen MR) is 67.3 cm³/mol. The molecule has 0 spiro atoms. The van der Waals surface area contributed by atoms with E-state index >= 15 is 0 Å². The van der Waals surface area contributed by atoms with E-state index in [0.717, 1.165) is 18.5 Å². The number of rotatable bonds is 3. The molecule has 1 aromatic carbocycles. The van der Waals surface area contributed by atoms with E-state index in [-0.39, 0.29) is 6.04 Å². The van der Waals surface area contributed by atoms with Crippen molar-refractivity contribution in [3.63, 3.8) is 0 Å². The molecule has 1 N–H and O–H groups in total. The lowest BCUT2D eigenvalue weighted by molar-refractivity contribution is -0.143. The molecule has 1 aromatic rings. The highest BCUT2D eigenvalue weighted by Crippen LogP contribution is 2.24. The summed E-state index contributed by atoms with van der Waals surface area (Å²) in [6.45, 7) is 3.40. The summed E-state index contributed by atoms with van der Waals surface area (Å²) >= 11 is 5.97. The van der Waals surface area contributed by atoms with Crippen LogP contribution in [0.3, 0.4) is 0 Å². The second-order valence-corrected chi connectivity index (χ2v) is 4.83. The minimum atomic E-state index is -0.738. The van der Waals surface area contributed by atoms with Gasteiger partial charge in [0.1, 0.15) is 6.04 Å². The normalized spacial score (nSPS) is 17.5. The lowest BCUT2D eigenvalue weighted by atomic mass is 9.98. The Labute approximate surface area is 106 Å². The molecule has 1 unspecified atom stereocenters. The first-order valence-corrected chi connectivity index (χ1v) is 6.23. The molecule has 0 radical (unpaired) electrons. The van der Waals surface area contributed by atoms with Crippen molar-refractivity contribution in [1.82, 2.24) is 4.90 Å². The van der Waals surface area contributed by atoms with Crippen molar-refractivity contribution in [3.05, 3.63) is 34.3 Å². The van der Waals surface area contributed by atoms with E-state index < -0.39 is 5.97 Å². The molecule has 0 bridgehead atoms. The van der Waals surface area contributed by atoms with Gasteiger partial charge in [-0.15, -0.1) is 0 Å². The zero-order valence-corrected chi connectivity index (χ0v) is 10.6. The average Bonchev–Trinajstić information content (AvgIpc) is 2.29. The molecule has 0 amide bonds. The lowest BCUT2D eigenvalue weighted by Gasteiger charge is -2.32. The fourth-order valence-corrected chi connectivity index (χ4v) is 2.60. The van der Waals surface area contributed by atoms with E-state index in [1.54, 1.807) is 0 Å². The first-order chi connectivity index (χ1) is 8.11. The maximum Gasteiger partial charge on any atom is 0.320 e. The Morgan fingerprint density at radius 2 is 2.29 bits per heavy atom. The molecule has 1 heterocycles. The SMILES string of the molecule is CCC(C(=O)O)N1CCc2ccc(Cl)cc2C1. The second kappa shape index (κ2) is 5.07. The van der Waals surface area contributed by atoms with Crippen LogP contribution in [0.2, 0.25) is 5.02 Å². The number of nitrogens with zero attached hydrogens (tertiary/aromatic N) is 1. The van der Waals surface area contributed by atoms with Gasteiger partial charge in [0.15, 0.2) is 0 Å². The highest BCUT2D eigenvalue weighted by atomic mass is 35.5. The van der Waals surface area contributed by atoms with E-state index in [4.69, 9.17) is 16.7 Å². The van der Waals surface area contributed by atoms with Crippen molar-refractivity contribution in [3.8, 4) is 0 Å². The molecule has 1 aliphatic rings. The van der Waals surface area contributed by atoms with E-state index in [0.29, 0.717) is 18.0 Å². The molecule has 4 heteroatoms. The minimum absolute atomic E-state index is 0.387. The number of fused-ring (bicyclic) bond motifs is 1. The van der Waals surface area contributed by atoms with Crippen LogP contribution in [-0.4, -0.2) is 28.6 Å². The number of benzene rings is 1. The number of halogens is 1. The first-order valence-electron chi connectivity index (χ1n) is 5.86. The zero-order chi connectivity index (χ0) is 12.4. The van der Waals surface area contributed by atoms with Gasteiger partial charge < -0.3 is 5.11 Å². The van der Waals surface area contributed by atoms with Crippen LogP contribution < -0.4 is 0 Å². The standard InChI is InChI=1S/C13H16ClNO2/c1-2-12(13(16)17)15-6-5-9-3-4-11(14)7-10(9)8-15/h3-4,7,12H,2,5-6,8H2,1H3,(H,16,17). The van der Waals surface area contributed by atoms with Crippen LogP contribution in [-0.2, 0) is 17.8 Å². The molecular weight excluding hydrogens is 238 g/mol. The maximum absolute atomic E-state index is 11.1. The van der Waals surface area contributed by atoms with Gasteiger partial charge in [-0.3, -0.25) is 9.69 Å². The number of carboxylic acid groups (broad SMARTS) is 1. The van der Waals surface area contributed by atoms with E-state index in [1.165, 1.54) is 5.56 Å². The van der Waals surface area contributed by atoms with Gasteiger partial charge in [0, 0.05) is 18.1 Å². The van der Waals surface area contributed by atoms with Crippen LogP contribution in [0.4, 0.5) is 0 Å². The van der Waals surface area contributed by atoms with Gasteiger partial charge in [0.25, 0.3) is 0 Å². The third kappa shape index (κ3) is 2.61. The smallest absolute Gasteiger partial charge is 0.320 e. The number of hydrogen-bond acceptors (Lipinski definition) is 2. The Kier molecular flexibility index (Phi) is 3.69. The Bertz CT molecular complexity index is 433. The van der Waals surface area contributed by atoms with Crippen LogP contribution in [0.15, 0.2) is 18.2 Å². The van der Waals surface area contributed by atoms with Gasteiger partial charge in [0.2, 0.25) is 0 Å². The molecule has 1 atom stereocenters. The minimum Gasteiger partial charge on any atom is -0.480 e. The summed E-state index contributed by atoms with van der Waals surface area (Å²) in [6, 6.07) is 5.49. The number of aliphatic carboxylic acids is 1. The van der Waals surface area contributed by atoms with Crippen molar-refractivity contribution in [2.24, 2.45) is 0 Å². The monoisotopic (exact) mass is 253 g/mol. The summed E-state index contributed by atoms with van der Waals surface area (Å²) in [4.78, 5) is 13.2. The highest BCUT2D eigenvalue weighted by molar-refractivity contribution is 6.30. The van der Waals surface area contributed by atoms with Crippen molar-refractivity contribution in [1.29, 1.82) is 0 Å². The van der Waals surface area contributed by atoms with Crippen LogP contribution >= 0.6 is 11.6 Å². The van der Waals surface area contributed by atoms with Gasteiger partial charge in [-0.05, 0) is 36.1 Å². The molecule has 0 saturated carbocycles. The van der Waals surface area contributed by atoms with Crippen LogP contribution in [0, 0.1) is 0 Å². The summed E-state index contributed by atoms with van der Waals surface area (Å²) in [5.41, 5.74) is 2.44. The summed E-state index contributed by atoms with van der Waals surface area (Å²) in [5, 5.41) is 9.88. The quantitative estimate of drug-likeness (QED) is 0.900. The Morgan fingerprint density at radius 3 is 2.94 bits per heavy atom. The lowest BCUT2D eigenvalue weighted by Crippen LogP contribution is -2.43. The first kappa shape index (κ1) is 12.4. The molecule has 17 heavy (non-hydrogen) atoms. The summed E-state index contributed by atoms with van der Waals surface area (Å²) < 4.78 is 0. The molecule has 0 aromatic heterocycles. The maximum atomic E-state index is 11.1. The summed E-state index contributed by atoms with van der Waals surface area (Å²) in [7, 11) is 0. The molecule has 3 nitrogen and oxygen atoms in total. The molecule has 2 rings (SSSR count). The van der Waals surface area contributed by atoms with E-state index in [9.17, 15) is 4.79 Å². The average molecular weight is 254 g/mol. The number of carboxylic acids is 1. The van der Waals surface area contributed by atoms with Crippen LogP contribution in [0.1, 0.15) is 24.5 Å². The molecule has 0 fully saturated rings. The highest BCUT2D eigenvalue weighted by Gasteiger charge is 2.27. The largest absolute Gasteiger partial charge is 0.480 e. The van der Waals surface area contributed by atoms with Gasteiger partial charge in [-0.25, -0.2) is 0 Å². The Balaban J connectivity index is 2.20. The molecular formula is C13H16ClNO2. The van der Waals surface area contributed by atoms with Crippen molar-refractivity contribution >= 4 is 17.6 Å². The third-order valence-electron chi connectivity index (χ3n) is 3.32. The number of hydrogen-bond donors (Lipinski definition) is 1. The Morgan fingerprint density at radius 1 is 1.53 bits per heavy atom. The zero-order valence-electron chi connectivity index (χ0n) is 9.82. The molecule has 1 aliphatic heterocycles. The summed E-state index contributed by atoms with van der Waals surface area (Å²) in [6.07, 6.45) is 1.53. The van der Waals surface area contributed by atoms with Crippen LogP contribution in [0.25, 0.3) is 0 Å². The second-order valence-electron chi connectivity index (χ2n) is 4.40. The van der Waals surface area contributed by atoms with E-state index in [2.05, 4.69) is 0 Å². The fraction of sp³-hybridized carbons (Fsp3) is 0.462. The van der Waals surface area contributed by atoms with Gasteiger partial charge in [-0.1, -0.05) is 24.6 Å². The van der Waals surface area contributed by atoms with Gasteiger partial charge in [0.05, 0.1) is 0 Å².